The molecule has 2 heterocycles. The van der Waals surface area contributed by atoms with E-state index in [0.29, 0.717) is 35.1 Å². The number of carbonyl (C=O) groups excluding carboxylic acids is 2. The van der Waals surface area contributed by atoms with Gasteiger partial charge in [0, 0.05) is 12.1 Å². The first-order valence-corrected chi connectivity index (χ1v) is 10.1. The van der Waals surface area contributed by atoms with Crippen LogP contribution in [-0.4, -0.2) is 22.7 Å². The van der Waals surface area contributed by atoms with Gasteiger partial charge in [0.2, 0.25) is 0 Å². The van der Waals surface area contributed by atoms with Gasteiger partial charge in [-0.2, -0.15) is 0 Å². The van der Waals surface area contributed by atoms with Gasteiger partial charge in [0.1, 0.15) is 17.3 Å². The van der Waals surface area contributed by atoms with Crippen molar-refractivity contribution in [3.63, 3.8) is 0 Å². The summed E-state index contributed by atoms with van der Waals surface area (Å²) < 4.78 is 11.2. The number of para-hydroxylation sites is 3. The zero-order valence-electron chi connectivity index (χ0n) is 16.3. The van der Waals surface area contributed by atoms with E-state index < -0.39 is 16.1 Å². The van der Waals surface area contributed by atoms with E-state index in [9.17, 15) is 19.7 Å². The van der Waals surface area contributed by atoms with E-state index in [1.807, 2.05) is 6.92 Å². The van der Waals surface area contributed by atoms with Crippen LogP contribution in [0, 0.1) is 10.1 Å². The minimum Gasteiger partial charge on any atom is -0.492 e. The Morgan fingerprint density at radius 2 is 1.84 bits per heavy atom. The molecule has 2 aromatic carbocycles. The monoisotopic (exact) mass is 436 g/mol. The van der Waals surface area contributed by atoms with Crippen LogP contribution in [0.3, 0.4) is 0 Å². The van der Waals surface area contributed by atoms with E-state index >= 15 is 0 Å². The van der Waals surface area contributed by atoms with Crippen molar-refractivity contribution in [1.29, 1.82) is 0 Å². The number of imide groups is 1. The molecule has 8 nitrogen and oxygen atoms in total. The van der Waals surface area contributed by atoms with E-state index in [1.165, 1.54) is 12.1 Å². The molecule has 1 aromatic heterocycles. The average molecular weight is 436 g/mol. The lowest BCUT2D eigenvalue weighted by Crippen LogP contribution is -2.28. The molecule has 1 saturated heterocycles. The highest BCUT2D eigenvalue weighted by molar-refractivity contribution is 8.19. The molecule has 9 heteroatoms. The lowest BCUT2D eigenvalue weighted by atomic mass is 10.1. The SMILES string of the molecule is CCOc1ccccc1N1C(=O)S/C(=C/c2ccc(-c3ccccc3[N+](=O)[O-])o2)C1=O. The Morgan fingerprint density at radius 3 is 2.61 bits per heavy atom. The predicted molar refractivity (Wildman–Crippen MR) is 117 cm³/mol. The van der Waals surface area contributed by atoms with Gasteiger partial charge >= 0.3 is 0 Å². The number of carbonyl (C=O) groups is 2. The quantitative estimate of drug-likeness (QED) is 0.286. The van der Waals surface area contributed by atoms with Crippen molar-refractivity contribution >= 4 is 40.4 Å². The van der Waals surface area contributed by atoms with Gasteiger partial charge in [0.15, 0.2) is 0 Å². The Kier molecular flexibility index (Phi) is 5.59. The molecule has 0 spiro atoms. The van der Waals surface area contributed by atoms with Crippen molar-refractivity contribution in [2.24, 2.45) is 0 Å². The van der Waals surface area contributed by atoms with Crippen molar-refractivity contribution in [3.05, 3.63) is 81.4 Å². The molecule has 31 heavy (non-hydrogen) atoms. The summed E-state index contributed by atoms with van der Waals surface area (Å²) in [5, 5.41) is 10.8. The minimum absolute atomic E-state index is 0.0868. The molecule has 1 fully saturated rings. The van der Waals surface area contributed by atoms with Crippen molar-refractivity contribution < 1.29 is 23.7 Å². The zero-order valence-corrected chi connectivity index (χ0v) is 17.1. The third kappa shape index (κ3) is 3.95. The van der Waals surface area contributed by atoms with Gasteiger partial charge in [-0.25, -0.2) is 4.90 Å². The molecule has 0 aliphatic carbocycles. The Hall–Kier alpha value is -3.85. The van der Waals surface area contributed by atoms with Crippen molar-refractivity contribution in [2.75, 3.05) is 11.5 Å². The second kappa shape index (κ2) is 8.49. The molecule has 0 atom stereocenters. The van der Waals surface area contributed by atoms with Crippen LogP contribution in [0.1, 0.15) is 12.7 Å². The molecule has 156 valence electrons. The molecule has 0 saturated carbocycles. The fourth-order valence-electron chi connectivity index (χ4n) is 3.14. The maximum Gasteiger partial charge on any atom is 0.298 e. The lowest BCUT2D eigenvalue weighted by Gasteiger charge is -2.16. The Bertz CT molecular complexity index is 1220. The number of ether oxygens (including phenoxy) is 1. The fourth-order valence-corrected chi connectivity index (χ4v) is 3.95. The summed E-state index contributed by atoms with van der Waals surface area (Å²) in [6.45, 7) is 2.21. The van der Waals surface area contributed by atoms with Gasteiger partial charge in [-0.1, -0.05) is 24.3 Å². The zero-order chi connectivity index (χ0) is 22.0. The highest BCUT2D eigenvalue weighted by Gasteiger charge is 2.38. The maximum absolute atomic E-state index is 12.9. The summed E-state index contributed by atoms with van der Waals surface area (Å²) in [5.41, 5.74) is 0.609. The third-order valence-electron chi connectivity index (χ3n) is 4.47. The molecule has 0 N–H and O–H groups in total. The fraction of sp³-hybridized carbons (Fsp3) is 0.0909. The third-order valence-corrected chi connectivity index (χ3v) is 5.34. The van der Waals surface area contributed by atoms with Gasteiger partial charge in [0.05, 0.1) is 27.7 Å². The molecule has 0 radical (unpaired) electrons. The van der Waals surface area contributed by atoms with Crippen molar-refractivity contribution in [2.45, 2.75) is 6.92 Å². The maximum atomic E-state index is 12.9. The van der Waals surface area contributed by atoms with Gasteiger partial charge < -0.3 is 9.15 Å². The van der Waals surface area contributed by atoms with Crippen LogP contribution < -0.4 is 9.64 Å². The van der Waals surface area contributed by atoms with Gasteiger partial charge in [-0.15, -0.1) is 0 Å². The standard InChI is InChI=1S/C22H16N2O6S/c1-2-29-19-10-6-5-9-17(19)23-21(25)20(31-22(23)26)13-14-11-12-18(30-14)15-7-3-4-8-16(15)24(27)28/h3-13H,2H2,1H3/b20-13+. The van der Waals surface area contributed by atoms with Crippen LogP contribution in [0.2, 0.25) is 0 Å². The van der Waals surface area contributed by atoms with Gasteiger partial charge in [-0.05, 0) is 49.0 Å². The number of anilines is 1. The van der Waals surface area contributed by atoms with Crippen molar-refractivity contribution in [1.82, 2.24) is 0 Å². The number of nitro groups is 1. The summed E-state index contributed by atoms with van der Waals surface area (Å²) in [4.78, 5) is 37.5. The molecule has 1 aliphatic heterocycles. The Morgan fingerprint density at radius 1 is 1.10 bits per heavy atom. The van der Waals surface area contributed by atoms with Crippen molar-refractivity contribution in [3.8, 4) is 17.1 Å². The van der Waals surface area contributed by atoms with Gasteiger partial charge in [-0.3, -0.25) is 19.7 Å². The number of hydrogen-bond donors (Lipinski definition) is 0. The summed E-state index contributed by atoms with van der Waals surface area (Å²) in [5.74, 6) is 0.534. The number of rotatable bonds is 6. The van der Waals surface area contributed by atoms with Crippen LogP contribution in [0.5, 0.6) is 5.75 Å². The molecule has 3 aromatic rings. The number of hydrogen-bond acceptors (Lipinski definition) is 7. The summed E-state index contributed by atoms with van der Waals surface area (Å²) in [7, 11) is 0. The summed E-state index contributed by atoms with van der Waals surface area (Å²) >= 11 is 0.786. The molecule has 4 rings (SSSR count). The number of benzene rings is 2. The second-order valence-corrected chi connectivity index (χ2v) is 7.39. The largest absolute Gasteiger partial charge is 0.492 e. The number of amides is 2. The summed E-state index contributed by atoms with van der Waals surface area (Å²) in [6, 6.07) is 16.2. The second-order valence-electron chi connectivity index (χ2n) is 6.39. The topological polar surface area (TPSA) is 103 Å². The molecular formula is C22H16N2O6S. The van der Waals surface area contributed by atoms with E-state index in [-0.39, 0.29) is 10.6 Å². The van der Waals surface area contributed by atoms with Crippen LogP contribution in [0.4, 0.5) is 16.2 Å². The van der Waals surface area contributed by atoms with Crippen LogP contribution in [0.15, 0.2) is 70.0 Å². The molecule has 2 amide bonds. The molecular weight excluding hydrogens is 420 g/mol. The number of furan rings is 1. The van der Waals surface area contributed by atoms with Crippen LogP contribution in [0.25, 0.3) is 17.4 Å². The first kappa shape index (κ1) is 20.4. The highest BCUT2D eigenvalue weighted by Crippen LogP contribution is 2.40. The minimum atomic E-state index is -0.495. The highest BCUT2D eigenvalue weighted by atomic mass is 32.2. The molecule has 0 unspecified atom stereocenters. The predicted octanol–water partition coefficient (Wildman–Crippen LogP) is 5.49. The molecule has 0 bridgehead atoms. The van der Waals surface area contributed by atoms with Crippen LogP contribution in [-0.2, 0) is 4.79 Å². The van der Waals surface area contributed by atoms with Crippen LogP contribution >= 0.6 is 11.8 Å². The van der Waals surface area contributed by atoms with E-state index in [0.717, 1.165) is 16.7 Å². The lowest BCUT2D eigenvalue weighted by molar-refractivity contribution is -0.384. The average Bonchev–Trinajstić information content (AvgIpc) is 3.33. The number of thioether (sulfide) groups is 1. The Balaban J connectivity index is 1.64. The van der Waals surface area contributed by atoms with E-state index in [1.54, 1.807) is 54.6 Å². The number of nitrogens with zero attached hydrogens (tertiary/aromatic N) is 2. The normalized spacial score (nSPS) is 15.0. The Labute approximate surface area is 181 Å². The number of nitro benzene ring substituents is 1. The molecule has 1 aliphatic rings. The first-order chi connectivity index (χ1) is 15.0. The van der Waals surface area contributed by atoms with E-state index in [4.69, 9.17) is 9.15 Å². The first-order valence-electron chi connectivity index (χ1n) is 9.33. The van der Waals surface area contributed by atoms with E-state index in [2.05, 4.69) is 0 Å². The summed E-state index contributed by atoms with van der Waals surface area (Å²) in [6.07, 6.45) is 1.45. The smallest absolute Gasteiger partial charge is 0.298 e. The van der Waals surface area contributed by atoms with Gasteiger partial charge in [0.25, 0.3) is 16.8 Å².